The van der Waals surface area contributed by atoms with E-state index in [0.29, 0.717) is 18.1 Å². The molecule has 0 saturated carbocycles. The number of aromatic nitrogens is 2. The molecular weight excluding hydrogens is 268 g/mol. The maximum absolute atomic E-state index is 12.3. The molecule has 1 aromatic rings. The third-order valence-electron chi connectivity index (χ3n) is 3.94. The maximum atomic E-state index is 12.3. The van der Waals surface area contributed by atoms with Crippen molar-refractivity contribution in [3.8, 4) is 0 Å². The van der Waals surface area contributed by atoms with Crippen LogP contribution in [0, 0.1) is 5.41 Å². The zero-order chi connectivity index (χ0) is 15.5. The monoisotopic (exact) mass is 292 g/mol. The number of carbonyl (C=O) groups excluding carboxylic acids is 1. The molecule has 6 nitrogen and oxygen atoms in total. The van der Waals surface area contributed by atoms with E-state index in [2.05, 4.69) is 22.2 Å². The van der Waals surface area contributed by atoms with E-state index >= 15 is 0 Å². The van der Waals surface area contributed by atoms with Gasteiger partial charge in [0.05, 0.1) is 11.9 Å². The predicted molar refractivity (Wildman–Crippen MR) is 81.0 cm³/mol. The van der Waals surface area contributed by atoms with Crippen molar-refractivity contribution in [3.63, 3.8) is 0 Å². The molecule has 0 spiro atoms. The molecule has 0 aliphatic carbocycles. The second-order valence-corrected chi connectivity index (χ2v) is 6.29. The zero-order valence-corrected chi connectivity index (χ0v) is 13.0. The second kappa shape index (κ2) is 6.39. The summed E-state index contributed by atoms with van der Waals surface area (Å²) < 4.78 is 5.36. The highest BCUT2D eigenvalue weighted by Crippen LogP contribution is 2.28. The van der Waals surface area contributed by atoms with E-state index in [-0.39, 0.29) is 22.9 Å². The predicted octanol–water partition coefficient (Wildman–Crippen LogP) is 1.73. The molecule has 1 aliphatic rings. The van der Waals surface area contributed by atoms with E-state index in [1.807, 2.05) is 13.8 Å². The largest absolute Gasteiger partial charge is 0.396 e. The van der Waals surface area contributed by atoms with Gasteiger partial charge in [-0.1, -0.05) is 20.8 Å². The van der Waals surface area contributed by atoms with Gasteiger partial charge in [0, 0.05) is 25.7 Å². The normalized spacial score (nSPS) is 17.7. The highest BCUT2D eigenvalue weighted by atomic mass is 16.5. The number of nitrogens with zero attached hydrogens (tertiary/aromatic N) is 2. The first-order valence-corrected chi connectivity index (χ1v) is 7.40. The summed E-state index contributed by atoms with van der Waals surface area (Å²) in [6.07, 6.45) is 3.40. The second-order valence-electron chi connectivity index (χ2n) is 6.29. The molecule has 0 bridgehead atoms. The number of nitrogens with one attached hydrogen (secondary N) is 1. The van der Waals surface area contributed by atoms with E-state index in [9.17, 15) is 4.79 Å². The van der Waals surface area contributed by atoms with Crippen molar-refractivity contribution >= 4 is 11.6 Å². The SMILES string of the molecule is CC(C)c1ncc(N)c(C(=O)NCC2(C)CCOCC2)n1. The Bertz CT molecular complexity index is 510. The Balaban J connectivity index is 2.04. The quantitative estimate of drug-likeness (QED) is 0.882. The number of ether oxygens (including phenoxy) is 1. The topological polar surface area (TPSA) is 90.1 Å². The number of anilines is 1. The number of amides is 1. The Kier molecular flexibility index (Phi) is 4.77. The summed E-state index contributed by atoms with van der Waals surface area (Å²) in [5.74, 6) is 0.557. The van der Waals surface area contributed by atoms with Crippen LogP contribution in [0.25, 0.3) is 0 Å². The summed E-state index contributed by atoms with van der Waals surface area (Å²) in [5.41, 5.74) is 6.49. The summed E-state index contributed by atoms with van der Waals surface area (Å²) >= 11 is 0. The molecule has 1 saturated heterocycles. The fraction of sp³-hybridized carbons (Fsp3) is 0.667. The van der Waals surface area contributed by atoms with E-state index < -0.39 is 0 Å². The van der Waals surface area contributed by atoms with Gasteiger partial charge < -0.3 is 15.8 Å². The summed E-state index contributed by atoms with van der Waals surface area (Å²) in [4.78, 5) is 20.7. The van der Waals surface area contributed by atoms with Gasteiger partial charge in [-0.2, -0.15) is 0 Å². The van der Waals surface area contributed by atoms with Crippen LogP contribution in [0.5, 0.6) is 0 Å². The first-order valence-electron chi connectivity index (χ1n) is 7.40. The van der Waals surface area contributed by atoms with Crippen LogP contribution < -0.4 is 11.1 Å². The number of hydrogen-bond donors (Lipinski definition) is 2. The van der Waals surface area contributed by atoms with Crippen molar-refractivity contribution < 1.29 is 9.53 Å². The number of hydrogen-bond acceptors (Lipinski definition) is 5. The van der Waals surface area contributed by atoms with Crippen molar-refractivity contribution in [2.75, 3.05) is 25.5 Å². The van der Waals surface area contributed by atoms with Crippen LogP contribution in [-0.4, -0.2) is 35.6 Å². The van der Waals surface area contributed by atoms with Crippen molar-refractivity contribution in [1.29, 1.82) is 0 Å². The summed E-state index contributed by atoms with van der Waals surface area (Å²) in [5, 5.41) is 2.95. The summed E-state index contributed by atoms with van der Waals surface area (Å²) in [6, 6.07) is 0. The Morgan fingerprint density at radius 3 is 2.76 bits per heavy atom. The lowest BCUT2D eigenvalue weighted by atomic mass is 9.82. The first kappa shape index (κ1) is 15.7. The van der Waals surface area contributed by atoms with Gasteiger partial charge in [-0.3, -0.25) is 4.79 Å². The van der Waals surface area contributed by atoms with Crippen LogP contribution in [0.15, 0.2) is 6.20 Å². The average molecular weight is 292 g/mol. The van der Waals surface area contributed by atoms with E-state index in [0.717, 1.165) is 26.1 Å². The fourth-order valence-corrected chi connectivity index (χ4v) is 2.28. The summed E-state index contributed by atoms with van der Waals surface area (Å²) in [7, 11) is 0. The standard InChI is InChI=1S/C15H24N4O2/c1-10(2)13-17-8-11(16)12(19-13)14(20)18-9-15(3)4-6-21-7-5-15/h8,10H,4-7,9,16H2,1-3H3,(H,18,20). The van der Waals surface area contributed by atoms with Gasteiger partial charge in [0.1, 0.15) is 5.82 Å². The molecule has 2 rings (SSSR count). The van der Waals surface area contributed by atoms with E-state index in [1.165, 1.54) is 6.20 Å². The lowest BCUT2D eigenvalue weighted by molar-refractivity contribution is 0.0238. The highest BCUT2D eigenvalue weighted by molar-refractivity contribution is 5.96. The minimum Gasteiger partial charge on any atom is -0.396 e. The average Bonchev–Trinajstić information content (AvgIpc) is 2.46. The lowest BCUT2D eigenvalue weighted by Gasteiger charge is -2.33. The molecule has 2 heterocycles. The van der Waals surface area contributed by atoms with Crippen LogP contribution >= 0.6 is 0 Å². The van der Waals surface area contributed by atoms with Crippen molar-refractivity contribution in [2.24, 2.45) is 5.41 Å². The molecule has 1 fully saturated rings. The van der Waals surface area contributed by atoms with E-state index in [1.54, 1.807) is 0 Å². The first-order chi connectivity index (χ1) is 9.91. The third-order valence-corrected chi connectivity index (χ3v) is 3.94. The minimum atomic E-state index is -0.232. The molecule has 1 amide bonds. The fourth-order valence-electron chi connectivity index (χ4n) is 2.28. The van der Waals surface area contributed by atoms with Gasteiger partial charge in [0.15, 0.2) is 5.69 Å². The third kappa shape index (κ3) is 3.91. The molecule has 0 radical (unpaired) electrons. The number of nitrogens with two attached hydrogens (primary N) is 1. The van der Waals surface area contributed by atoms with E-state index in [4.69, 9.17) is 10.5 Å². The molecule has 1 aliphatic heterocycles. The molecule has 0 unspecified atom stereocenters. The Morgan fingerprint density at radius 1 is 1.48 bits per heavy atom. The zero-order valence-electron chi connectivity index (χ0n) is 13.0. The van der Waals surface area contributed by atoms with Crippen LogP contribution in [0.3, 0.4) is 0 Å². The molecule has 1 aromatic heterocycles. The number of rotatable bonds is 4. The Morgan fingerprint density at radius 2 is 2.14 bits per heavy atom. The molecule has 0 atom stereocenters. The smallest absolute Gasteiger partial charge is 0.272 e. The van der Waals surface area contributed by atoms with Gasteiger partial charge in [-0.15, -0.1) is 0 Å². The Labute approximate surface area is 125 Å². The number of carbonyl (C=O) groups is 1. The maximum Gasteiger partial charge on any atom is 0.272 e. The molecule has 21 heavy (non-hydrogen) atoms. The molecule has 6 heteroatoms. The van der Waals surface area contributed by atoms with Crippen LogP contribution in [0.2, 0.25) is 0 Å². The van der Waals surface area contributed by atoms with Crippen LogP contribution in [0.1, 0.15) is 55.8 Å². The summed E-state index contributed by atoms with van der Waals surface area (Å²) in [6.45, 7) is 8.24. The van der Waals surface area contributed by atoms with Gasteiger partial charge in [0.2, 0.25) is 0 Å². The van der Waals surface area contributed by atoms with Crippen molar-refractivity contribution in [1.82, 2.24) is 15.3 Å². The molecule has 3 N–H and O–H groups in total. The Hall–Kier alpha value is -1.69. The molecule has 116 valence electrons. The lowest BCUT2D eigenvalue weighted by Crippen LogP contribution is -2.39. The van der Waals surface area contributed by atoms with Gasteiger partial charge in [-0.05, 0) is 18.3 Å². The van der Waals surface area contributed by atoms with Crippen molar-refractivity contribution in [3.05, 3.63) is 17.7 Å². The minimum absolute atomic E-state index is 0.0799. The van der Waals surface area contributed by atoms with Crippen LogP contribution in [0.4, 0.5) is 5.69 Å². The van der Waals surface area contributed by atoms with Crippen molar-refractivity contribution in [2.45, 2.75) is 39.5 Å². The van der Waals surface area contributed by atoms with Gasteiger partial charge in [-0.25, -0.2) is 9.97 Å². The van der Waals surface area contributed by atoms with Gasteiger partial charge in [0.25, 0.3) is 5.91 Å². The van der Waals surface area contributed by atoms with Gasteiger partial charge >= 0.3 is 0 Å². The molecular formula is C15H24N4O2. The highest BCUT2D eigenvalue weighted by Gasteiger charge is 2.28. The number of nitrogen functional groups attached to an aromatic ring is 1. The molecule has 0 aromatic carbocycles. The van der Waals surface area contributed by atoms with Crippen LogP contribution in [-0.2, 0) is 4.74 Å².